The third-order valence-electron chi connectivity index (χ3n) is 4.25. The van der Waals surface area contributed by atoms with Crippen LogP contribution in [-0.2, 0) is 15.5 Å². The van der Waals surface area contributed by atoms with E-state index in [1.54, 1.807) is 42.5 Å². The largest absolute Gasteiger partial charge is 0.495 e. The molecule has 0 saturated carbocycles. The first kappa shape index (κ1) is 18.7. The number of carbonyl (C=O) groups is 1. The zero-order valence-electron chi connectivity index (χ0n) is 14.9. The molecule has 0 spiro atoms. The Bertz CT molecular complexity index is 1070. The first-order valence-electron chi connectivity index (χ1n) is 8.14. The molecular formula is C20H19NO5S. The van der Waals surface area contributed by atoms with E-state index in [0.717, 1.165) is 0 Å². The van der Waals surface area contributed by atoms with Crippen LogP contribution in [0.3, 0.4) is 0 Å². The molecule has 1 N–H and O–H groups in total. The van der Waals surface area contributed by atoms with E-state index in [1.165, 1.54) is 26.7 Å². The minimum atomic E-state index is -2.82. The summed E-state index contributed by atoms with van der Waals surface area (Å²) < 4.78 is 28.0. The Morgan fingerprint density at radius 2 is 1.93 bits per heavy atom. The first-order chi connectivity index (χ1) is 13.0. The van der Waals surface area contributed by atoms with Crippen molar-refractivity contribution in [2.24, 2.45) is 4.36 Å². The molecule has 0 radical (unpaired) electrons. The summed E-state index contributed by atoms with van der Waals surface area (Å²) in [5, 5.41) is 9.81. The third kappa shape index (κ3) is 3.59. The Balaban J connectivity index is 2.16. The molecule has 2 aromatic carbocycles. The summed E-state index contributed by atoms with van der Waals surface area (Å²) in [5.41, 5.74) is 1.66. The Morgan fingerprint density at radius 3 is 2.48 bits per heavy atom. The van der Waals surface area contributed by atoms with Gasteiger partial charge in [-0.2, -0.15) is 0 Å². The Kier molecular flexibility index (Phi) is 5.32. The number of ether oxygens (including phenoxy) is 1. The van der Waals surface area contributed by atoms with Crippen molar-refractivity contribution in [3.8, 4) is 16.9 Å². The molecule has 0 aliphatic carbocycles. The summed E-state index contributed by atoms with van der Waals surface area (Å²) in [6.45, 7) is 0. The van der Waals surface area contributed by atoms with Gasteiger partial charge in [0.15, 0.2) is 0 Å². The quantitative estimate of drug-likeness (QED) is 0.683. The lowest BCUT2D eigenvalue weighted by atomic mass is 9.99. The summed E-state index contributed by atoms with van der Waals surface area (Å²) in [5.74, 6) is -0.984. The van der Waals surface area contributed by atoms with Gasteiger partial charge >= 0.3 is 5.97 Å². The van der Waals surface area contributed by atoms with Gasteiger partial charge in [-0.1, -0.05) is 30.3 Å². The van der Waals surface area contributed by atoms with Crippen molar-refractivity contribution in [1.82, 2.24) is 0 Å². The predicted molar refractivity (Wildman–Crippen MR) is 103 cm³/mol. The van der Waals surface area contributed by atoms with E-state index in [2.05, 4.69) is 4.36 Å². The van der Waals surface area contributed by atoms with E-state index >= 15 is 0 Å². The fraction of sp³-hybridized carbons (Fsp3) is 0.150. The molecule has 1 heterocycles. The second-order valence-electron chi connectivity index (χ2n) is 5.78. The highest BCUT2D eigenvalue weighted by Gasteiger charge is 2.24. The molecule has 0 saturated heterocycles. The number of carboxylic acid groups (broad SMARTS) is 1. The Hall–Kier alpha value is -3.06. The number of nitrogens with zero attached hydrogens (tertiary/aromatic N) is 1. The SMILES string of the molecule is CN=S(=O)(Cc1ccc(-c2ccoc2)c(OC)c1C(=O)O)c1ccccc1. The molecule has 0 bridgehead atoms. The average molecular weight is 385 g/mol. The van der Waals surface area contributed by atoms with Crippen LogP contribution in [0.5, 0.6) is 5.75 Å². The predicted octanol–water partition coefficient (Wildman–Crippen LogP) is 4.31. The number of hydrogen-bond donors (Lipinski definition) is 1. The summed E-state index contributed by atoms with van der Waals surface area (Å²) >= 11 is 0. The topological polar surface area (TPSA) is 89.1 Å². The van der Waals surface area contributed by atoms with Crippen LogP contribution >= 0.6 is 0 Å². The van der Waals surface area contributed by atoms with Gasteiger partial charge in [0, 0.05) is 23.1 Å². The molecule has 0 aliphatic heterocycles. The second kappa shape index (κ2) is 7.67. The van der Waals surface area contributed by atoms with Crippen molar-refractivity contribution < 1.29 is 23.3 Å². The molecule has 1 atom stereocenters. The van der Waals surface area contributed by atoms with Gasteiger partial charge < -0.3 is 14.3 Å². The summed E-state index contributed by atoms with van der Waals surface area (Å²) in [6.07, 6.45) is 3.01. The lowest BCUT2D eigenvalue weighted by Gasteiger charge is -2.16. The highest BCUT2D eigenvalue weighted by atomic mass is 32.2. The molecule has 0 fully saturated rings. The van der Waals surface area contributed by atoms with E-state index < -0.39 is 15.7 Å². The van der Waals surface area contributed by atoms with Gasteiger partial charge in [-0.05, 0) is 23.8 Å². The molecule has 1 unspecified atom stereocenters. The third-order valence-corrected chi connectivity index (χ3v) is 6.55. The number of methoxy groups -OCH3 is 1. The number of benzene rings is 2. The van der Waals surface area contributed by atoms with Gasteiger partial charge in [0.05, 0.1) is 35.1 Å². The van der Waals surface area contributed by atoms with Gasteiger partial charge in [-0.25, -0.2) is 13.4 Å². The lowest BCUT2D eigenvalue weighted by Crippen LogP contribution is -2.12. The number of carboxylic acids is 1. The van der Waals surface area contributed by atoms with Crippen molar-refractivity contribution in [3.05, 3.63) is 72.2 Å². The summed E-state index contributed by atoms with van der Waals surface area (Å²) in [6, 6.07) is 14.0. The van der Waals surface area contributed by atoms with E-state index in [9.17, 15) is 14.1 Å². The molecule has 0 amide bonds. The molecule has 140 valence electrons. The number of aromatic carboxylic acids is 1. The summed E-state index contributed by atoms with van der Waals surface area (Å²) in [4.78, 5) is 12.6. The zero-order chi connectivity index (χ0) is 19.4. The van der Waals surface area contributed by atoms with E-state index in [0.29, 0.717) is 21.6 Å². The second-order valence-corrected chi connectivity index (χ2v) is 8.18. The van der Waals surface area contributed by atoms with Crippen LogP contribution in [0, 0.1) is 0 Å². The van der Waals surface area contributed by atoms with E-state index in [4.69, 9.17) is 9.15 Å². The number of rotatable bonds is 6. The Morgan fingerprint density at radius 1 is 1.19 bits per heavy atom. The van der Waals surface area contributed by atoms with E-state index in [1.807, 2.05) is 6.07 Å². The molecule has 27 heavy (non-hydrogen) atoms. The maximum atomic E-state index is 13.4. The van der Waals surface area contributed by atoms with Crippen molar-refractivity contribution in [2.75, 3.05) is 14.2 Å². The maximum Gasteiger partial charge on any atom is 0.339 e. The van der Waals surface area contributed by atoms with Gasteiger partial charge in [-0.3, -0.25) is 0 Å². The van der Waals surface area contributed by atoms with Gasteiger partial charge in [0.2, 0.25) is 0 Å². The van der Waals surface area contributed by atoms with Crippen LogP contribution in [0.25, 0.3) is 11.1 Å². The molecule has 1 aromatic heterocycles. The molecule has 0 aliphatic rings. The highest BCUT2D eigenvalue weighted by Crippen LogP contribution is 2.36. The fourth-order valence-corrected chi connectivity index (χ4v) is 4.68. The molecular weight excluding hydrogens is 366 g/mol. The van der Waals surface area contributed by atoms with Crippen molar-refractivity contribution in [2.45, 2.75) is 10.6 Å². The summed E-state index contributed by atoms with van der Waals surface area (Å²) in [7, 11) is 0.0708. The number of hydrogen-bond acceptors (Lipinski definition) is 5. The van der Waals surface area contributed by atoms with Crippen LogP contribution in [-0.4, -0.2) is 29.4 Å². The lowest BCUT2D eigenvalue weighted by molar-refractivity contribution is 0.0692. The first-order valence-corrected chi connectivity index (χ1v) is 9.82. The smallest absolute Gasteiger partial charge is 0.339 e. The monoisotopic (exact) mass is 385 g/mol. The van der Waals surface area contributed by atoms with Crippen LogP contribution in [0.1, 0.15) is 15.9 Å². The van der Waals surface area contributed by atoms with Crippen molar-refractivity contribution >= 4 is 15.7 Å². The average Bonchev–Trinajstić information content (AvgIpc) is 3.22. The normalized spacial score (nSPS) is 13.0. The maximum absolute atomic E-state index is 13.4. The van der Waals surface area contributed by atoms with Gasteiger partial charge in [-0.15, -0.1) is 0 Å². The van der Waals surface area contributed by atoms with E-state index in [-0.39, 0.29) is 17.1 Å². The van der Waals surface area contributed by atoms with Crippen LogP contribution < -0.4 is 4.74 Å². The van der Waals surface area contributed by atoms with Crippen molar-refractivity contribution in [1.29, 1.82) is 0 Å². The minimum absolute atomic E-state index is 0.0245. The van der Waals surface area contributed by atoms with Crippen LogP contribution in [0.2, 0.25) is 0 Å². The van der Waals surface area contributed by atoms with Crippen molar-refractivity contribution in [3.63, 3.8) is 0 Å². The Labute approximate surface area is 157 Å². The molecule has 7 heteroatoms. The van der Waals surface area contributed by atoms with Crippen LogP contribution in [0.15, 0.2) is 74.7 Å². The molecule has 3 aromatic rings. The molecule has 6 nitrogen and oxygen atoms in total. The fourth-order valence-electron chi connectivity index (χ4n) is 2.93. The highest BCUT2D eigenvalue weighted by molar-refractivity contribution is 7.92. The van der Waals surface area contributed by atoms with Crippen LogP contribution in [0.4, 0.5) is 0 Å². The minimum Gasteiger partial charge on any atom is -0.495 e. The van der Waals surface area contributed by atoms with Gasteiger partial charge in [0.1, 0.15) is 11.3 Å². The number of furan rings is 1. The standard InChI is InChI=1S/C20H19NO5S/c1-21-27(24,16-6-4-3-5-7-16)13-15-8-9-17(14-10-11-26-12-14)19(25-2)18(15)20(22)23/h3-12H,13H2,1-2H3,(H,22,23). The molecule has 3 rings (SSSR count). The van der Waals surface area contributed by atoms with Gasteiger partial charge in [0.25, 0.3) is 0 Å². The zero-order valence-corrected chi connectivity index (χ0v) is 15.7.